The molecule has 4 nitrogen and oxygen atoms in total. The zero-order valence-electron chi connectivity index (χ0n) is 10.8. The quantitative estimate of drug-likeness (QED) is 0.893. The number of amides is 1. The van der Waals surface area contributed by atoms with Crippen molar-refractivity contribution in [1.82, 2.24) is 0 Å². The van der Waals surface area contributed by atoms with Crippen LogP contribution in [0.2, 0.25) is 0 Å². The van der Waals surface area contributed by atoms with Crippen LogP contribution in [0.25, 0.3) is 0 Å². The van der Waals surface area contributed by atoms with Crippen LogP contribution in [0.5, 0.6) is 5.75 Å². The summed E-state index contributed by atoms with van der Waals surface area (Å²) in [6.45, 7) is 1.92. The lowest BCUT2D eigenvalue weighted by Gasteiger charge is -2.16. The van der Waals surface area contributed by atoms with Crippen LogP contribution < -0.4 is 15.0 Å². The van der Waals surface area contributed by atoms with E-state index in [2.05, 4.69) is 10.3 Å². The molecule has 0 radical (unpaired) electrons. The number of anilines is 1. The highest BCUT2D eigenvalue weighted by atomic mass is 16.5. The molecule has 98 valence electrons. The highest BCUT2D eigenvalue weighted by Crippen LogP contribution is 2.13. The van der Waals surface area contributed by atoms with Crippen molar-refractivity contribution in [1.29, 1.82) is 0 Å². The molecule has 1 atom stereocenters. The minimum atomic E-state index is -0.498. The summed E-state index contributed by atoms with van der Waals surface area (Å²) in [5, 5.41) is 2.82. The first-order chi connectivity index (χ1) is 9.29. The molecule has 0 spiro atoms. The Morgan fingerprint density at radius 3 is 2.68 bits per heavy atom. The van der Waals surface area contributed by atoms with Crippen molar-refractivity contribution in [2.75, 3.05) is 5.32 Å². The summed E-state index contributed by atoms with van der Waals surface area (Å²) < 4.78 is 5.68. The monoisotopic (exact) mass is 257 g/mol. The number of aromatic amines is 1. The Kier molecular flexibility index (Phi) is 4.50. The number of carbonyl (C=O) groups excluding carboxylic acids is 1. The Bertz CT molecular complexity index is 514. The molecule has 1 aromatic heterocycles. The van der Waals surface area contributed by atoms with Gasteiger partial charge in [-0.3, -0.25) is 4.79 Å². The van der Waals surface area contributed by atoms with E-state index in [1.54, 1.807) is 12.4 Å². The first kappa shape index (κ1) is 13.1. The van der Waals surface area contributed by atoms with Gasteiger partial charge in [-0.25, -0.2) is 4.98 Å². The Morgan fingerprint density at radius 2 is 2.05 bits per heavy atom. The van der Waals surface area contributed by atoms with Crippen LogP contribution in [0.4, 0.5) is 5.69 Å². The van der Waals surface area contributed by atoms with Crippen LogP contribution in [0, 0.1) is 0 Å². The normalized spacial score (nSPS) is 11.6. The molecule has 4 heteroatoms. The van der Waals surface area contributed by atoms with E-state index in [1.165, 1.54) is 0 Å². The van der Waals surface area contributed by atoms with Gasteiger partial charge in [-0.2, -0.15) is 0 Å². The fraction of sp³-hybridized carbons (Fsp3) is 0.200. The van der Waals surface area contributed by atoms with Gasteiger partial charge < -0.3 is 10.1 Å². The highest BCUT2D eigenvalue weighted by molar-refractivity contribution is 5.94. The summed E-state index contributed by atoms with van der Waals surface area (Å²) in [6, 6.07) is 13.0. The maximum Gasteiger partial charge on any atom is 0.265 e. The number of para-hydroxylation sites is 1. The van der Waals surface area contributed by atoms with Gasteiger partial charge >= 0.3 is 0 Å². The lowest BCUT2D eigenvalue weighted by molar-refractivity contribution is -0.377. The van der Waals surface area contributed by atoms with Crippen molar-refractivity contribution >= 4 is 11.6 Å². The molecule has 0 aliphatic rings. The average Bonchev–Trinajstić information content (AvgIpc) is 2.47. The molecule has 2 N–H and O–H groups in total. The summed E-state index contributed by atoms with van der Waals surface area (Å²) in [6.07, 6.45) is 3.63. The predicted molar refractivity (Wildman–Crippen MR) is 72.8 cm³/mol. The maximum absolute atomic E-state index is 12.1. The van der Waals surface area contributed by atoms with Crippen LogP contribution in [0.15, 0.2) is 54.9 Å². The molecule has 0 saturated carbocycles. The van der Waals surface area contributed by atoms with Crippen molar-refractivity contribution in [3.05, 3.63) is 54.9 Å². The number of ether oxygens (including phenoxy) is 1. The van der Waals surface area contributed by atoms with Crippen molar-refractivity contribution in [3.8, 4) is 5.75 Å². The number of hydrogen-bond donors (Lipinski definition) is 1. The van der Waals surface area contributed by atoms with Crippen LogP contribution in [0.3, 0.4) is 0 Å². The second-order valence-corrected chi connectivity index (χ2v) is 4.11. The predicted octanol–water partition coefficient (Wildman–Crippen LogP) is 2.30. The first-order valence-corrected chi connectivity index (χ1v) is 6.28. The van der Waals surface area contributed by atoms with E-state index in [0.717, 1.165) is 5.69 Å². The fourth-order valence-corrected chi connectivity index (χ4v) is 1.68. The molecule has 0 aliphatic carbocycles. The zero-order valence-corrected chi connectivity index (χ0v) is 10.8. The number of nitrogens with one attached hydrogen (secondary N) is 2. The Hall–Kier alpha value is -2.36. The second-order valence-electron chi connectivity index (χ2n) is 4.11. The number of hydrogen-bond acceptors (Lipinski definition) is 2. The number of rotatable bonds is 5. The molecule has 0 bridgehead atoms. The third-order valence-electron chi connectivity index (χ3n) is 2.66. The van der Waals surface area contributed by atoms with Crippen LogP contribution in [0.1, 0.15) is 13.3 Å². The van der Waals surface area contributed by atoms with E-state index in [9.17, 15) is 4.79 Å². The van der Waals surface area contributed by atoms with Crippen LogP contribution in [-0.2, 0) is 4.79 Å². The smallest absolute Gasteiger partial charge is 0.265 e. The number of carbonyl (C=O) groups is 1. The molecule has 1 amide bonds. The molecule has 0 aliphatic heterocycles. The topological polar surface area (TPSA) is 52.5 Å². The average molecular weight is 257 g/mol. The number of benzene rings is 1. The number of pyridine rings is 1. The molecule has 19 heavy (non-hydrogen) atoms. The van der Waals surface area contributed by atoms with Crippen LogP contribution in [-0.4, -0.2) is 12.0 Å². The first-order valence-electron chi connectivity index (χ1n) is 6.28. The zero-order chi connectivity index (χ0) is 13.5. The summed E-state index contributed by atoms with van der Waals surface area (Å²) in [4.78, 5) is 15.0. The number of aromatic nitrogens is 1. The van der Waals surface area contributed by atoms with Crippen molar-refractivity contribution in [2.24, 2.45) is 0 Å². The van der Waals surface area contributed by atoms with Gasteiger partial charge in [0.25, 0.3) is 5.91 Å². The van der Waals surface area contributed by atoms with Gasteiger partial charge in [0, 0.05) is 6.07 Å². The summed E-state index contributed by atoms with van der Waals surface area (Å²) in [7, 11) is 0. The summed E-state index contributed by atoms with van der Waals surface area (Å²) in [5.74, 6) is 0.551. The van der Waals surface area contributed by atoms with Crippen molar-refractivity contribution in [2.45, 2.75) is 19.4 Å². The molecule has 1 heterocycles. The van der Waals surface area contributed by atoms with Gasteiger partial charge in [-0.1, -0.05) is 25.1 Å². The van der Waals surface area contributed by atoms with Crippen molar-refractivity contribution < 1.29 is 14.5 Å². The summed E-state index contributed by atoms with van der Waals surface area (Å²) in [5.41, 5.74) is 0.725. The Balaban J connectivity index is 2.00. The molecule has 0 saturated heterocycles. The van der Waals surface area contributed by atoms with E-state index < -0.39 is 6.10 Å². The van der Waals surface area contributed by atoms with Gasteiger partial charge in [0.05, 0.1) is 0 Å². The Morgan fingerprint density at radius 1 is 1.26 bits per heavy atom. The lowest BCUT2D eigenvalue weighted by atomic mass is 10.2. The lowest BCUT2D eigenvalue weighted by Crippen LogP contribution is -2.32. The standard InChI is InChI=1S/C15H16N2O2/c1-2-14(19-13-8-4-3-5-9-13)15(18)17-12-7-6-10-16-11-12/h3-11,14H,2H2,1H3,(H,17,18)/p+1. The molecule has 2 rings (SSSR count). The van der Waals surface area contributed by atoms with Gasteiger partial charge in [-0.05, 0) is 24.6 Å². The highest BCUT2D eigenvalue weighted by Gasteiger charge is 2.18. The van der Waals surface area contributed by atoms with Crippen molar-refractivity contribution in [3.63, 3.8) is 0 Å². The third kappa shape index (κ3) is 3.81. The van der Waals surface area contributed by atoms with Gasteiger partial charge in [0.15, 0.2) is 18.5 Å². The van der Waals surface area contributed by atoms with E-state index in [-0.39, 0.29) is 5.91 Å². The maximum atomic E-state index is 12.1. The summed E-state index contributed by atoms with van der Waals surface area (Å²) >= 11 is 0. The van der Waals surface area contributed by atoms with E-state index in [4.69, 9.17) is 4.74 Å². The Labute approximate surface area is 112 Å². The SMILES string of the molecule is CCC(Oc1ccccc1)C(=O)Nc1ccc[nH+]c1. The molecule has 1 unspecified atom stereocenters. The minimum Gasteiger partial charge on any atom is -0.481 e. The van der Waals surface area contributed by atoms with Gasteiger partial charge in [0.2, 0.25) is 0 Å². The molecular weight excluding hydrogens is 240 g/mol. The fourth-order valence-electron chi connectivity index (χ4n) is 1.68. The van der Waals surface area contributed by atoms with E-state index in [0.29, 0.717) is 12.2 Å². The molecule has 1 aromatic carbocycles. The van der Waals surface area contributed by atoms with Gasteiger partial charge in [0.1, 0.15) is 11.4 Å². The molecule has 2 aromatic rings. The second kappa shape index (κ2) is 6.54. The van der Waals surface area contributed by atoms with Gasteiger partial charge in [-0.15, -0.1) is 0 Å². The largest absolute Gasteiger partial charge is 0.481 e. The van der Waals surface area contributed by atoms with E-state index >= 15 is 0 Å². The van der Waals surface area contributed by atoms with Crippen LogP contribution >= 0.6 is 0 Å². The third-order valence-corrected chi connectivity index (χ3v) is 2.66. The molecule has 0 fully saturated rings. The molecular formula is C15H17N2O2+. The number of H-pyrrole nitrogens is 1. The van der Waals surface area contributed by atoms with E-state index in [1.807, 2.05) is 49.4 Å². The minimum absolute atomic E-state index is 0.147.